The number of nitrogens with zero attached hydrogens (tertiary/aromatic N) is 2. The molecule has 2 amide bonds. The number of hydrogen-bond acceptors (Lipinski definition) is 1. The molecule has 0 aromatic heterocycles. The second-order valence-electron chi connectivity index (χ2n) is 4.39. The zero-order chi connectivity index (χ0) is 11.1. The Morgan fingerprint density at radius 3 is 2.56 bits per heavy atom. The minimum atomic E-state index is 0.193. The number of rotatable bonds is 0. The van der Waals surface area contributed by atoms with Crippen molar-refractivity contribution in [2.24, 2.45) is 0 Å². The summed E-state index contributed by atoms with van der Waals surface area (Å²) in [7, 11) is 0. The molecule has 0 spiro atoms. The van der Waals surface area contributed by atoms with Crippen molar-refractivity contribution in [3.8, 4) is 0 Å². The maximum absolute atomic E-state index is 12.0. The van der Waals surface area contributed by atoms with Crippen LogP contribution >= 0.6 is 15.9 Å². The molecule has 0 radical (unpaired) electrons. The summed E-state index contributed by atoms with van der Waals surface area (Å²) >= 11 is 3.46. The van der Waals surface area contributed by atoms with E-state index < -0.39 is 0 Å². The lowest BCUT2D eigenvalue weighted by atomic mass is 10.1. The van der Waals surface area contributed by atoms with Gasteiger partial charge in [-0.25, -0.2) is 4.79 Å². The highest BCUT2D eigenvalue weighted by atomic mass is 79.9. The lowest BCUT2D eigenvalue weighted by molar-refractivity contribution is 0.126. The molecule has 16 heavy (non-hydrogen) atoms. The zero-order valence-corrected chi connectivity index (χ0v) is 10.5. The Hall–Kier alpha value is -1.03. The number of hydrogen-bond donors (Lipinski definition) is 0. The molecule has 2 heterocycles. The van der Waals surface area contributed by atoms with E-state index in [1.165, 1.54) is 11.1 Å². The highest BCUT2D eigenvalue weighted by Crippen LogP contribution is 2.27. The van der Waals surface area contributed by atoms with Crippen LogP contribution in [-0.4, -0.2) is 28.9 Å². The molecule has 3 nitrogen and oxygen atoms in total. The van der Waals surface area contributed by atoms with Gasteiger partial charge in [-0.05, 0) is 29.7 Å². The van der Waals surface area contributed by atoms with Gasteiger partial charge in [0.15, 0.2) is 0 Å². The summed E-state index contributed by atoms with van der Waals surface area (Å²) in [4.78, 5) is 15.9. The molecule has 0 atom stereocenters. The molecule has 1 fully saturated rings. The Bertz CT molecular complexity index is 443. The molecule has 0 N–H and O–H groups in total. The Balaban J connectivity index is 1.77. The number of carbonyl (C=O) groups excluding carboxylic acids is 1. The maximum Gasteiger partial charge on any atom is 0.320 e. The molecule has 0 aliphatic carbocycles. The predicted molar refractivity (Wildman–Crippen MR) is 65.0 cm³/mol. The van der Waals surface area contributed by atoms with E-state index in [1.54, 1.807) is 0 Å². The molecule has 2 aliphatic rings. The van der Waals surface area contributed by atoms with E-state index >= 15 is 0 Å². The lowest BCUT2D eigenvalue weighted by Crippen LogP contribution is -2.47. The number of halogens is 1. The van der Waals surface area contributed by atoms with Gasteiger partial charge >= 0.3 is 6.03 Å². The van der Waals surface area contributed by atoms with Crippen molar-refractivity contribution in [3.63, 3.8) is 0 Å². The Morgan fingerprint density at radius 2 is 1.88 bits per heavy atom. The lowest BCUT2D eigenvalue weighted by Gasteiger charge is -2.34. The van der Waals surface area contributed by atoms with Crippen LogP contribution in [0, 0.1) is 0 Å². The first-order valence-electron chi connectivity index (χ1n) is 5.55. The second kappa shape index (κ2) is 3.77. The largest absolute Gasteiger partial charge is 0.325 e. The third kappa shape index (κ3) is 1.61. The topological polar surface area (TPSA) is 23.6 Å². The van der Waals surface area contributed by atoms with Gasteiger partial charge in [0.1, 0.15) is 0 Å². The van der Waals surface area contributed by atoms with Crippen molar-refractivity contribution in [1.29, 1.82) is 0 Å². The summed E-state index contributed by atoms with van der Waals surface area (Å²) in [6.07, 6.45) is 1.15. The first-order valence-corrected chi connectivity index (χ1v) is 6.34. The standard InChI is InChI=1S/C12H13BrN2O/c13-11-3-2-9-7-15(8-10(9)6-11)12(16)14-4-1-5-14/h2-3,6H,1,4-5,7-8H2. The van der Waals surface area contributed by atoms with Crippen molar-refractivity contribution in [3.05, 3.63) is 33.8 Å². The van der Waals surface area contributed by atoms with Gasteiger partial charge in [-0.3, -0.25) is 0 Å². The SMILES string of the molecule is O=C(N1CCC1)N1Cc2ccc(Br)cc2C1. The van der Waals surface area contributed by atoms with Gasteiger partial charge in [0.2, 0.25) is 0 Å². The van der Waals surface area contributed by atoms with E-state index in [4.69, 9.17) is 0 Å². The fraction of sp³-hybridized carbons (Fsp3) is 0.417. The van der Waals surface area contributed by atoms with Crippen LogP contribution in [0.25, 0.3) is 0 Å². The Labute approximate surface area is 103 Å². The fourth-order valence-electron chi connectivity index (χ4n) is 2.21. The smallest absolute Gasteiger partial charge is 0.320 e. The highest BCUT2D eigenvalue weighted by molar-refractivity contribution is 9.10. The molecular formula is C12H13BrN2O. The number of urea groups is 1. The second-order valence-corrected chi connectivity index (χ2v) is 5.31. The van der Waals surface area contributed by atoms with Crippen molar-refractivity contribution in [1.82, 2.24) is 9.80 Å². The Morgan fingerprint density at radius 1 is 1.12 bits per heavy atom. The summed E-state index contributed by atoms with van der Waals surface area (Å²) in [5.41, 5.74) is 2.54. The molecule has 1 saturated heterocycles. The number of likely N-dealkylation sites (tertiary alicyclic amines) is 1. The minimum absolute atomic E-state index is 0.193. The Kier molecular flexibility index (Phi) is 2.39. The van der Waals surface area contributed by atoms with Gasteiger partial charge in [0.25, 0.3) is 0 Å². The number of fused-ring (bicyclic) bond motifs is 1. The summed E-state index contributed by atoms with van der Waals surface area (Å²) < 4.78 is 1.09. The predicted octanol–water partition coefficient (Wildman–Crippen LogP) is 2.59. The van der Waals surface area contributed by atoms with Crippen LogP contribution in [0.1, 0.15) is 17.5 Å². The van der Waals surface area contributed by atoms with Crippen molar-refractivity contribution in [2.45, 2.75) is 19.5 Å². The summed E-state index contributed by atoms with van der Waals surface area (Å²) in [5, 5.41) is 0. The average Bonchev–Trinajstić information content (AvgIpc) is 2.57. The van der Waals surface area contributed by atoms with Crippen LogP contribution in [-0.2, 0) is 13.1 Å². The summed E-state index contributed by atoms with van der Waals surface area (Å²) in [6.45, 7) is 3.37. The van der Waals surface area contributed by atoms with Crippen LogP contribution in [0.3, 0.4) is 0 Å². The van der Waals surface area contributed by atoms with E-state index in [0.717, 1.165) is 37.1 Å². The first-order chi connectivity index (χ1) is 7.74. The molecule has 0 bridgehead atoms. The normalized spacial score (nSPS) is 18.3. The number of amides is 2. The summed E-state index contributed by atoms with van der Waals surface area (Å²) in [6, 6.07) is 6.44. The van der Waals surface area contributed by atoms with E-state index in [-0.39, 0.29) is 6.03 Å². The molecule has 0 unspecified atom stereocenters. The molecule has 2 aliphatic heterocycles. The molecule has 4 heteroatoms. The molecule has 3 rings (SSSR count). The van der Waals surface area contributed by atoms with E-state index in [9.17, 15) is 4.79 Å². The van der Waals surface area contributed by atoms with Crippen LogP contribution in [0.4, 0.5) is 4.79 Å². The first kappa shape index (κ1) is 10.1. The quantitative estimate of drug-likeness (QED) is 0.717. The van der Waals surface area contributed by atoms with Crippen molar-refractivity contribution in [2.75, 3.05) is 13.1 Å². The van der Waals surface area contributed by atoms with Crippen LogP contribution in [0.15, 0.2) is 22.7 Å². The van der Waals surface area contributed by atoms with Gasteiger partial charge in [-0.15, -0.1) is 0 Å². The van der Waals surface area contributed by atoms with E-state index in [2.05, 4.69) is 28.1 Å². The van der Waals surface area contributed by atoms with Crippen LogP contribution in [0.2, 0.25) is 0 Å². The van der Waals surface area contributed by atoms with Gasteiger partial charge < -0.3 is 9.80 Å². The minimum Gasteiger partial charge on any atom is -0.325 e. The van der Waals surface area contributed by atoms with Crippen molar-refractivity contribution >= 4 is 22.0 Å². The van der Waals surface area contributed by atoms with Gasteiger partial charge in [0.05, 0.1) is 0 Å². The fourth-order valence-corrected chi connectivity index (χ4v) is 2.61. The molecule has 1 aromatic carbocycles. The van der Waals surface area contributed by atoms with Crippen LogP contribution in [0.5, 0.6) is 0 Å². The monoisotopic (exact) mass is 280 g/mol. The third-order valence-electron chi connectivity index (χ3n) is 3.29. The molecule has 0 saturated carbocycles. The zero-order valence-electron chi connectivity index (χ0n) is 8.95. The molecular weight excluding hydrogens is 268 g/mol. The van der Waals surface area contributed by atoms with Gasteiger partial charge in [0, 0.05) is 30.7 Å². The van der Waals surface area contributed by atoms with E-state index in [0.29, 0.717) is 0 Å². The third-order valence-corrected chi connectivity index (χ3v) is 3.78. The molecule has 84 valence electrons. The van der Waals surface area contributed by atoms with E-state index in [1.807, 2.05) is 15.9 Å². The van der Waals surface area contributed by atoms with Crippen molar-refractivity contribution < 1.29 is 4.79 Å². The summed E-state index contributed by atoms with van der Waals surface area (Å²) in [5.74, 6) is 0. The van der Waals surface area contributed by atoms with Crippen LogP contribution < -0.4 is 0 Å². The van der Waals surface area contributed by atoms with Gasteiger partial charge in [-0.1, -0.05) is 22.0 Å². The average molecular weight is 281 g/mol. The van der Waals surface area contributed by atoms with Gasteiger partial charge in [-0.2, -0.15) is 0 Å². The highest BCUT2D eigenvalue weighted by Gasteiger charge is 2.29. The maximum atomic E-state index is 12.0. The number of carbonyl (C=O) groups is 1. The molecule has 1 aromatic rings. The number of benzene rings is 1.